The summed E-state index contributed by atoms with van der Waals surface area (Å²) >= 11 is 0. The van der Waals surface area contributed by atoms with Crippen molar-refractivity contribution in [2.75, 3.05) is 13.2 Å². The summed E-state index contributed by atoms with van der Waals surface area (Å²) in [5, 5.41) is 0. The Morgan fingerprint density at radius 3 is 2.68 bits per heavy atom. The van der Waals surface area contributed by atoms with E-state index in [2.05, 4.69) is 4.72 Å². The Kier molecular flexibility index (Phi) is 4.19. The molecule has 0 aromatic heterocycles. The van der Waals surface area contributed by atoms with Gasteiger partial charge in [-0.2, -0.15) is 0 Å². The Morgan fingerprint density at radius 2 is 2.00 bits per heavy atom. The highest BCUT2D eigenvalue weighted by atomic mass is 32.2. The number of ether oxygens (including phenoxy) is 2. The van der Waals surface area contributed by atoms with Crippen LogP contribution in [0.5, 0.6) is 0 Å². The minimum Gasteiger partial charge on any atom is -0.347 e. The third-order valence-corrected chi connectivity index (χ3v) is 5.42. The van der Waals surface area contributed by atoms with E-state index in [1.54, 1.807) is 0 Å². The minimum absolute atomic E-state index is 0.0130. The molecule has 1 saturated heterocycles. The molecule has 1 aromatic rings. The van der Waals surface area contributed by atoms with Gasteiger partial charge >= 0.3 is 0 Å². The van der Waals surface area contributed by atoms with Crippen molar-refractivity contribution >= 4 is 10.0 Å². The summed E-state index contributed by atoms with van der Waals surface area (Å²) in [6.07, 6.45) is 3.26. The number of halogens is 2. The summed E-state index contributed by atoms with van der Waals surface area (Å²) in [6.45, 7) is 0.287. The molecule has 3 rings (SSSR count). The van der Waals surface area contributed by atoms with E-state index in [-0.39, 0.29) is 6.54 Å². The van der Waals surface area contributed by atoms with Gasteiger partial charge in [0.2, 0.25) is 10.0 Å². The smallest absolute Gasteiger partial charge is 0.243 e. The standard InChI is InChI=1S/C14H17F2NO4S/c15-10-3-4-13(12(16)7-10)22(18,19)17-8-11-9-20-14(21-11)5-1-2-6-14/h3-4,7,11,17H,1-2,5-6,8-9H2/t11-/m1/s1. The van der Waals surface area contributed by atoms with Crippen molar-refractivity contribution in [2.24, 2.45) is 0 Å². The molecule has 0 radical (unpaired) electrons. The lowest BCUT2D eigenvalue weighted by Crippen LogP contribution is -2.35. The monoisotopic (exact) mass is 333 g/mol. The molecule has 1 atom stereocenters. The van der Waals surface area contributed by atoms with Crippen molar-refractivity contribution in [3.8, 4) is 0 Å². The fourth-order valence-electron chi connectivity index (χ4n) is 2.87. The van der Waals surface area contributed by atoms with Gasteiger partial charge in [0.15, 0.2) is 5.79 Å². The van der Waals surface area contributed by atoms with E-state index in [9.17, 15) is 17.2 Å². The van der Waals surface area contributed by atoms with Crippen LogP contribution in [0.2, 0.25) is 0 Å². The predicted octanol–water partition coefficient (Wildman–Crippen LogP) is 1.93. The molecule has 1 aliphatic carbocycles. The quantitative estimate of drug-likeness (QED) is 0.914. The molecule has 1 aromatic carbocycles. The van der Waals surface area contributed by atoms with Crippen molar-refractivity contribution in [2.45, 2.75) is 42.5 Å². The lowest BCUT2D eigenvalue weighted by molar-refractivity contribution is -0.160. The van der Waals surface area contributed by atoms with Gasteiger partial charge in [0.05, 0.1) is 12.7 Å². The Morgan fingerprint density at radius 1 is 1.27 bits per heavy atom. The average molecular weight is 333 g/mol. The summed E-state index contributed by atoms with van der Waals surface area (Å²) in [5.74, 6) is -2.52. The zero-order valence-electron chi connectivity index (χ0n) is 11.8. The second-order valence-corrected chi connectivity index (χ2v) is 7.33. The molecule has 0 bridgehead atoms. The Bertz CT molecular complexity index is 659. The maximum atomic E-state index is 13.6. The molecule has 1 saturated carbocycles. The number of hydrogen-bond acceptors (Lipinski definition) is 4. The van der Waals surface area contributed by atoms with Gasteiger partial charge < -0.3 is 9.47 Å². The summed E-state index contributed by atoms with van der Waals surface area (Å²) in [4.78, 5) is -0.580. The van der Waals surface area contributed by atoms with E-state index in [1.807, 2.05) is 0 Å². The minimum atomic E-state index is -4.06. The molecule has 1 spiro atoms. The molecular formula is C14H17F2NO4S. The van der Waals surface area contributed by atoms with Crippen molar-refractivity contribution in [1.82, 2.24) is 4.72 Å². The average Bonchev–Trinajstić information content (AvgIpc) is 3.07. The molecule has 22 heavy (non-hydrogen) atoms. The zero-order chi connectivity index (χ0) is 15.8. The van der Waals surface area contributed by atoms with E-state index in [4.69, 9.17) is 9.47 Å². The maximum Gasteiger partial charge on any atom is 0.243 e. The molecule has 5 nitrogen and oxygen atoms in total. The first kappa shape index (κ1) is 15.8. The van der Waals surface area contributed by atoms with Crippen LogP contribution in [0.15, 0.2) is 23.1 Å². The van der Waals surface area contributed by atoms with Gasteiger partial charge in [-0.1, -0.05) is 0 Å². The molecule has 8 heteroatoms. The van der Waals surface area contributed by atoms with Crippen LogP contribution in [-0.4, -0.2) is 33.5 Å². The van der Waals surface area contributed by atoms with Gasteiger partial charge in [-0.15, -0.1) is 0 Å². The van der Waals surface area contributed by atoms with Crippen LogP contribution < -0.4 is 4.72 Å². The lowest BCUT2D eigenvalue weighted by atomic mass is 10.2. The number of hydrogen-bond donors (Lipinski definition) is 1. The van der Waals surface area contributed by atoms with Crippen LogP contribution in [0.3, 0.4) is 0 Å². The van der Waals surface area contributed by atoms with Gasteiger partial charge in [0.1, 0.15) is 16.5 Å². The SMILES string of the molecule is O=S(=O)(NC[C@@H]1COC2(CCCC2)O1)c1ccc(F)cc1F. The van der Waals surface area contributed by atoms with E-state index in [0.29, 0.717) is 12.7 Å². The molecule has 1 heterocycles. The first-order valence-corrected chi connectivity index (χ1v) is 8.65. The fraction of sp³-hybridized carbons (Fsp3) is 0.571. The number of benzene rings is 1. The second-order valence-electron chi connectivity index (χ2n) is 5.60. The van der Waals surface area contributed by atoms with Crippen molar-refractivity contribution in [3.05, 3.63) is 29.8 Å². The van der Waals surface area contributed by atoms with Crippen molar-refractivity contribution in [3.63, 3.8) is 0 Å². The van der Waals surface area contributed by atoms with Crippen LogP contribution in [-0.2, 0) is 19.5 Å². The molecule has 0 amide bonds. The van der Waals surface area contributed by atoms with Gasteiger partial charge in [-0.05, 0) is 25.0 Å². The van der Waals surface area contributed by atoms with Crippen molar-refractivity contribution < 1.29 is 26.7 Å². The molecule has 122 valence electrons. The number of nitrogens with one attached hydrogen (secondary N) is 1. The molecule has 0 unspecified atom stereocenters. The van der Waals surface area contributed by atoms with E-state index in [0.717, 1.165) is 37.8 Å². The number of sulfonamides is 1. The van der Waals surface area contributed by atoms with Gasteiger partial charge in [-0.3, -0.25) is 0 Å². The van der Waals surface area contributed by atoms with E-state index >= 15 is 0 Å². The molecule has 2 fully saturated rings. The van der Waals surface area contributed by atoms with Crippen LogP contribution in [0.4, 0.5) is 8.78 Å². The highest BCUT2D eigenvalue weighted by Crippen LogP contribution is 2.39. The Hall–Kier alpha value is -1.09. The summed E-state index contributed by atoms with van der Waals surface area (Å²) in [6, 6.07) is 2.34. The first-order chi connectivity index (χ1) is 10.4. The Balaban J connectivity index is 1.63. The molecule has 2 aliphatic rings. The van der Waals surface area contributed by atoms with Crippen LogP contribution >= 0.6 is 0 Å². The molecular weight excluding hydrogens is 316 g/mol. The topological polar surface area (TPSA) is 64.6 Å². The summed E-state index contributed by atoms with van der Waals surface area (Å²) in [5.41, 5.74) is 0. The van der Waals surface area contributed by atoms with Crippen LogP contribution in [0.25, 0.3) is 0 Å². The van der Waals surface area contributed by atoms with Crippen molar-refractivity contribution in [1.29, 1.82) is 0 Å². The predicted molar refractivity (Wildman–Crippen MR) is 73.6 cm³/mol. The highest BCUT2D eigenvalue weighted by molar-refractivity contribution is 7.89. The fourth-order valence-corrected chi connectivity index (χ4v) is 3.99. The maximum absolute atomic E-state index is 13.6. The molecule has 1 aliphatic heterocycles. The third-order valence-electron chi connectivity index (χ3n) is 3.96. The van der Waals surface area contributed by atoms with E-state index < -0.39 is 38.4 Å². The largest absolute Gasteiger partial charge is 0.347 e. The summed E-state index contributed by atoms with van der Waals surface area (Å²) < 4.78 is 64.3. The lowest BCUT2D eigenvalue weighted by Gasteiger charge is -2.21. The van der Waals surface area contributed by atoms with Gasteiger partial charge in [0.25, 0.3) is 0 Å². The van der Waals surface area contributed by atoms with Crippen LogP contribution in [0.1, 0.15) is 25.7 Å². The van der Waals surface area contributed by atoms with Gasteiger partial charge in [0, 0.05) is 25.5 Å². The second kappa shape index (κ2) is 5.84. The van der Waals surface area contributed by atoms with Crippen LogP contribution in [0, 0.1) is 11.6 Å². The normalized spacial score (nSPS) is 24.2. The number of rotatable bonds is 4. The third kappa shape index (κ3) is 3.15. The molecule has 1 N–H and O–H groups in total. The van der Waals surface area contributed by atoms with E-state index in [1.165, 1.54) is 0 Å². The Labute approximate surface area is 127 Å². The first-order valence-electron chi connectivity index (χ1n) is 7.17. The highest BCUT2D eigenvalue weighted by Gasteiger charge is 2.43. The zero-order valence-corrected chi connectivity index (χ0v) is 12.7. The summed E-state index contributed by atoms with van der Waals surface area (Å²) in [7, 11) is -4.06. The van der Waals surface area contributed by atoms with Gasteiger partial charge in [-0.25, -0.2) is 21.9 Å².